The zero-order chi connectivity index (χ0) is 10.7. The van der Waals surface area contributed by atoms with Gasteiger partial charge in [0.2, 0.25) is 0 Å². The highest BCUT2D eigenvalue weighted by atomic mass is 35.5. The van der Waals surface area contributed by atoms with Crippen LogP contribution in [0.15, 0.2) is 30.4 Å². The molecule has 1 rings (SSSR count). The van der Waals surface area contributed by atoms with Gasteiger partial charge in [0, 0.05) is 17.7 Å². The summed E-state index contributed by atoms with van der Waals surface area (Å²) in [5.74, 6) is 0.0625. The number of benzene rings is 1. The van der Waals surface area contributed by atoms with Gasteiger partial charge in [0.1, 0.15) is 11.5 Å². The van der Waals surface area contributed by atoms with Crippen LogP contribution >= 0.6 is 12.4 Å². The highest BCUT2D eigenvalue weighted by molar-refractivity contribution is 5.85. The molecule has 3 nitrogen and oxygen atoms in total. The van der Waals surface area contributed by atoms with Crippen molar-refractivity contribution in [3.05, 3.63) is 35.9 Å². The Morgan fingerprint density at radius 3 is 2.53 bits per heavy atom. The molecule has 0 aromatic heterocycles. The Bertz CT molecular complexity index is 352. The Morgan fingerprint density at radius 2 is 2.07 bits per heavy atom. The molecule has 84 valence electrons. The van der Waals surface area contributed by atoms with E-state index >= 15 is 0 Å². The van der Waals surface area contributed by atoms with Crippen molar-refractivity contribution in [2.24, 2.45) is 5.73 Å². The minimum atomic E-state index is -0.270. The summed E-state index contributed by atoms with van der Waals surface area (Å²) >= 11 is 0. The van der Waals surface area contributed by atoms with E-state index < -0.39 is 0 Å². The molecular formula is C11H16ClNO2. The third kappa shape index (κ3) is 3.81. The van der Waals surface area contributed by atoms with Crippen molar-refractivity contribution in [2.45, 2.75) is 19.4 Å². The van der Waals surface area contributed by atoms with Crippen LogP contribution in [-0.4, -0.2) is 10.2 Å². The van der Waals surface area contributed by atoms with E-state index in [1.165, 1.54) is 12.1 Å². The van der Waals surface area contributed by atoms with Crippen LogP contribution in [0.2, 0.25) is 0 Å². The van der Waals surface area contributed by atoms with Crippen molar-refractivity contribution in [2.75, 3.05) is 0 Å². The van der Waals surface area contributed by atoms with Crippen molar-refractivity contribution in [1.29, 1.82) is 0 Å². The van der Waals surface area contributed by atoms with Gasteiger partial charge in [-0.05, 0) is 19.4 Å². The third-order valence-electron chi connectivity index (χ3n) is 1.98. The summed E-state index contributed by atoms with van der Waals surface area (Å²) < 4.78 is 0. The van der Waals surface area contributed by atoms with Crippen LogP contribution in [0.1, 0.15) is 24.9 Å². The van der Waals surface area contributed by atoms with Crippen molar-refractivity contribution < 1.29 is 10.2 Å². The lowest BCUT2D eigenvalue weighted by molar-refractivity contribution is 0.441. The van der Waals surface area contributed by atoms with E-state index in [1.54, 1.807) is 6.07 Å². The molecule has 0 unspecified atom stereocenters. The average molecular weight is 230 g/mol. The normalized spacial score (nSPS) is 11.6. The molecule has 0 fully saturated rings. The van der Waals surface area contributed by atoms with Gasteiger partial charge in [-0.15, -0.1) is 19.0 Å². The Kier molecular flexibility index (Phi) is 5.19. The largest absolute Gasteiger partial charge is 0.508 e. The van der Waals surface area contributed by atoms with E-state index in [-0.39, 0.29) is 29.9 Å². The highest BCUT2D eigenvalue weighted by Gasteiger charge is 2.11. The third-order valence-corrected chi connectivity index (χ3v) is 1.98. The first-order chi connectivity index (χ1) is 6.50. The molecule has 4 heteroatoms. The molecule has 0 aliphatic heterocycles. The minimum absolute atomic E-state index is 0. The summed E-state index contributed by atoms with van der Waals surface area (Å²) in [4.78, 5) is 0. The van der Waals surface area contributed by atoms with E-state index in [4.69, 9.17) is 10.8 Å². The van der Waals surface area contributed by atoms with Gasteiger partial charge in [-0.2, -0.15) is 0 Å². The Labute approximate surface area is 95.6 Å². The van der Waals surface area contributed by atoms with Crippen LogP contribution < -0.4 is 5.73 Å². The maximum Gasteiger partial charge on any atom is 0.124 e. The molecular weight excluding hydrogens is 214 g/mol. The number of phenolic OH excluding ortho intramolecular Hbond substituents is 2. The molecule has 4 N–H and O–H groups in total. The Morgan fingerprint density at radius 1 is 1.47 bits per heavy atom. The van der Waals surface area contributed by atoms with E-state index in [1.807, 2.05) is 6.92 Å². The van der Waals surface area contributed by atoms with E-state index in [0.29, 0.717) is 12.0 Å². The predicted octanol–water partition coefficient (Wildman–Crippen LogP) is 2.49. The van der Waals surface area contributed by atoms with Crippen LogP contribution in [-0.2, 0) is 0 Å². The van der Waals surface area contributed by atoms with Gasteiger partial charge in [0.25, 0.3) is 0 Å². The fourth-order valence-electron chi connectivity index (χ4n) is 1.33. The summed E-state index contributed by atoms with van der Waals surface area (Å²) in [6.07, 6.45) is 0.623. The standard InChI is InChI=1S/C11H15NO2.ClH/c1-7(2)5-10(12)9-4-3-8(13)6-11(9)14;/h3-4,6,10,13-14H,1,5,12H2,2H3;1H/t10-;/m0./s1. The summed E-state index contributed by atoms with van der Waals surface area (Å²) in [5.41, 5.74) is 7.44. The van der Waals surface area contributed by atoms with E-state index in [9.17, 15) is 5.11 Å². The topological polar surface area (TPSA) is 66.5 Å². The molecule has 0 bridgehead atoms. The Balaban J connectivity index is 0.00000196. The quantitative estimate of drug-likeness (QED) is 0.698. The SMILES string of the molecule is C=C(C)C[C@H](N)c1ccc(O)cc1O.Cl. The van der Waals surface area contributed by atoms with Gasteiger partial charge < -0.3 is 15.9 Å². The molecule has 0 saturated carbocycles. The van der Waals surface area contributed by atoms with Crippen LogP contribution in [0.3, 0.4) is 0 Å². The van der Waals surface area contributed by atoms with Crippen molar-refractivity contribution in [3.63, 3.8) is 0 Å². The summed E-state index contributed by atoms with van der Waals surface area (Å²) in [6.45, 7) is 5.64. The number of hydrogen-bond acceptors (Lipinski definition) is 3. The molecule has 15 heavy (non-hydrogen) atoms. The second kappa shape index (κ2) is 5.63. The summed E-state index contributed by atoms with van der Waals surface area (Å²) in [5, 5.41) is 18.6. The zero-order valence-corrected chi connectivity index (χ0v) is 9.42. The van der Waals surface area contributed by atoms with Gasteiger partial charge in [0.15, 0.2) is 0 Å². The van der Waals surface area contributed by atoms with Crippen molar-refractivity contribution in [3.8, 4) is 11.5 Å². The lowest BCUT2D eigenvalue weighted by atomic mass is 10.0. The molecule has 0 saturated heterocycles. The van der Waals surface area contributed by atoms with Crippen molar-refractivity contribution >= 4 is 12.4 Å². The lowest BCUT2D eigenvalue weighted by Crippen LogP contribution is -2.10. The molecule has 0 aliphatic rings. The molecule has 0 amide bonds. The number of aromatic hydroxyl groups is 2. The molecule has 1 aromatic rings. The van der Waals surface area contributed by atoms with Crippen LogP contribution in [0, 0.1) is 0 Å². The first kappa shape index (κ1) is 13.8. The number of phenols is 2. The molecule has 0 heterocycles. The molecule has 1 aromatic carbocycles. The van der Waals surface area contributed by atoms with Gasteiger partial charge in [-0.1, -0.05) is 11.6 Å². The second-order valence-electron chi connectivity index (χ2n) is 3.51. The lowest BCUT2D eigenvalue weighted by Gasteiger charge is -2.13. The van der Waals surface area contributed by atoms with Crippen LogP contribution in [0.5, 0.6) is 11.5 Å². The number of rotatable bonds is 3. The average Bonchev–Trinajstić information content (AvgIpc) is 2.01. The summed E-state index contributed by atoms with van der Waals surface area (Å²) in [6, 6.07) is 4.15. The first-order valence-electron chi connectivity index (χ1n) is 4.42. The maximum atomic E-state index is 9.50. The van der Waals surface area contributed by atoms with E-state index in [0.717, 1.165) is 5.57 Å². The number of hydrogen-bond donors (Lipinski definition) is 3. The van der Waals surface area contributed by atoms with E-state index in [2.05, 4.69) is 6.58 Å². The molecule has 0 radical (unpaired) electrons. The van der Waals surface area contributed by atoms with Gasteiger partial charge in [-0.25, -0.2) is 0 Å². The van der Waals surface area contributed by atoms with Crippen LogP contribution in [0.25, 0.3) is 0 Å². The predicted molar refractivity (Wildman–Crippen MR) is 63.4 cm³/mol. The fraction of sp³-hybridized carbons (Fsp3) is 0.273. The first-order valence-corrected chi connectivity index (χ1v) is 4.42. The minimum Gasteiger partial charge on any atom is -0.508 e. The zero-order valence-electron chi connectivity index (χ0n) is 8.60. The summed E-state index contributed by atoms with van der Waals surface area (Å²) in [7, 11) is 0. The van der Waals surface area contributed by atoms with Gasteiger partial charge >= 0.3 is 0 Å². The number of nitrogens with two attached hydrogens (primary N) is 1. The maximum absolute atomic E-state index is 9.50. The highest BCUT2D eigenvalue weighted by Crippen LogP contribution is 2.29. The Hall–Kier alpha value is -1.19. The molecule has 1 atom stereocenters. The smallest absolute Gasteiger partial charge is 0.124 e. The van der Waals surface area contributed by atoms with Gasteiger partial charge in [-0.3, -0.25) is 0 Å². The number of halogens is 1. The molecule has 0 spiro atoms. The van der Waals surface area contributed by atoms with Crippen LogP contribution in [0.4, 0.5) is 0 Å². The fourth-order valence-corrected chi connectivity index (χ4v) is 1.33. The monoisotopic (exact) mass is 229 g/mol. The van der Waals surface area contributed by atoms with Crippen molar-refractivity contribution in [1.82, 2.24) is 0 Å². The second-order valence-corrected chi connectivity index (χ2v) is 3.51. The van der Waals surface area contributed by atoms with Gasteiger partial charge in [0.05, 0.1) is 0 Å². The molecule has 0 aliphatic carbocycles.